The smallest absolute Gasteiger partial charge is 0.226 e. The van der Waals surface area contributed by atoms with Gasteiger partial charge in [0.25, 0.3) is 0 Å². The molecule has 0 spiro atoms. The van der Waals surface area contributed by atoms with E-state index in [2.05, 4.69) is 28.2 Å². The zero-order chi connectivity index (χ0) is 24.7. The Morgan fingerprint density at radius 3 is 2.54 bits per heavy atom. The number of piperidine rings is 2. The summed E-state index contributed by atoms with van der Waals surface area (Å²) >= 11 is 8.20. The highest BCUT2D eigenvalue weighted by Crippen LogP contribution is 2.39. The van der Waals surface area contributed by atoms with Gasteiger partial charge in [-0.2, -0.15) is 0 Å². The van der Waals surface area contributed by atoms with E-state index in [1.165, 1.54) is 0 Å². The number of fused-ring (bicyclic) bond motifs is 1. The fourth-order valence-corrected chi connectivity index (χ4v) is 8.37. The predicted octanol–water partition coefficient (Wildman–Crippen LogP) is 0.531. The Kier molecular flexibility index (Phi) is 8.18. The topological polar surface area (TPSA) is 104 Å². The molecule has 0 aromatic heterocycles. The maximum absolute atomic E-state index is 13.5. The van der Waals surface area contributed by atoms with Crippen molar-refractivity contribution < 1.29 is 19.1 Å². The van der Waals surface area contributed by atoms with Crippen molar-refractivity contribution in [3.63, 3.8) is 0 Å². The fraction of sp³-hybridized carbons (Fsp3) is 0.917. The summed E-state index contributed by atoms with van der Waals surface area (Å²) in [7, 11) is 3.46. The molecule has 4 aliphatic heterocycles. The zero-order valence-electron chi connectivity index (χ0n) is 20.9. The maximum Gasteiger partial charge on any atom is 0.226 e. The number of likely N-dealkylation sites (tertiary alicyclic amines) is 1. The third-order valence-electron chi connectivity index (χ3n) is 8.82. The van der Waals surface area contributed by atoms with Crippen molar-refractivity contribution in [1.82, 2.24) is 26.2 Å². The number of ether oxygens (including phenoxy) is 2. The van der Waals surface area contributed by atoms with Gasteiger partial charge in [-0.05, 0) is 44.4 Å². The first kappa shape index (κ1) is 26.0. The van der Waals surface area contributed by atoms with E-state index in [-0.39, 0.29) is 64.7 Å². The summed E-state index contributed by atoms with van der Waals surface area (Å²) in [6, 6.07) is 0.578. The van der Waals surface area contributed by atoms with E-state index in [0.29, 0.717) is 30.9 Å². The van der Waals surface area contributed by atoms with Gasteiger partial charge in [0.2, 0.25) is 11.8 Å². The van der Waals surface area contributed by atoms with E-state index < -0.39 is 0 Å². The lowest BCUT2D eigenvalue weighted by atomic mass is 9.70. The second-order valence-electron chi connectivity index (χ2n) is 11.0. The van der Waals surface area contributed by atoms with Gasteiger partial charge < -0.3 is 25.0 Å². The van der Waals surface area contributed by atoms with Crippen LogP contribution in [0.1, 0.15) is 32.6 Å². The lowest BCUT2D eigenvalue weighted by molar-refractivity contribution is -0.142. The van der Waals surface area contributed by atoms with Crippen LogP contribution in [0, 0.1) is 23.7 Å². The molecule has 1 aliphatic carbocycles. The average Bonchev–Trinajstić information content (AvgIpc) is 3.37. The van der Waals surface area contributed by atoms with Gasteiger partial charge in [-0.3, -0.25) is 20.2 Å². The van der Waals surface area contributed by atoms with Crippen molar-refractivity contribution in [2.75, 3.05) is 40.4 Å². The van der Waals surface area contributed by atoms with E-state index in [4.69, 9.17) is 21.1 Å². The minimum absolute atomic E-state index is 0.0623. The van der Waals surface area contributed by atoms with Gasteiger partial charge in [0, 0.05) is 63.7 Å². The second kappa shape index (κ2) is 11.0. The van der Waals surface area contributed by atoms with Crippen molar-refractivity contribution in [2.45, 2.75) is 73.1 Å². The molecule has 9 nitrogen and oxygen atoms in total. The standard InChI is InChI=1S/C24H40ClN5O4S/c1-12-4-15(16-7-21(25)27-9-19(16)34-3)17(8-26-12)22(31)29-24-28-18-10-30(11-20(18)35-24)23(32)13-5-14(6-13)33-2/h12-21,24,26-28H,4-11H2,1-3H3,(H,29,31). The first-order chi connectivity index (χ1) is 16.9. The number of methoxy groups -OCH3 is 2. The number of nitrogens with zero attached hydrogens (tertiary/aromatic N) is 1. The number of amides is 2. The maximum atomic E-state index is 13.5. The molecule has 4 heterocycles. The molecule has 5 aliphatic rings. The summed E-state index contributed by atoms with van der Waals surface area (Å²) in [4.78, 5) is 28.3. The molecule has 0 radical (unpaired) electrons. The normalized spacial score (nSPS) is 45.6. The molecule has 5 rings (SSSR count). The van der Waals surface area contributed by atoms with Gasteiger partial charge in [-0.15, -0.1) is 23.4 Å². The monoisotopic (exact) mass is 529 g/mol. The minimum Gasteiger partial charge on any atom is -0.381 e. The molecule has 4 N–H and O–H groups in total. The van der Waals surface area contributed by atoms with Crippen molar-refractivity contribution in [3.05, 3.63) is 0 Å². The van der Waals surface area contributed by atoms with Crippen LogP contribution >= 0.6 is 23.4 Å². The van der Waals surface area contributed by atoms with E-state index in [1.54, 1.807) is 26.0 Å². The zero-order valence-corrected chi connectivity index (χ0v) is 22.4. The van der Waals surface area contributed by atoms with Crippen LogP contribution in [0.2, 0.25) is 0 Å². The van der Waals surface area contributed by atoms with Crippen LogP contribution in [0.5, 0.6) is 0 Å². The number of hydrogen-bond acceptors (Lipinski definition) is 8. The van der Waals surface area contributed by atoms with Crippen molar-refractivity contribution in [1.29, 1.82) is 0 Å². The van der Waals surface area contributed by atoms with Crippen LogP contribution in [-0.4, -0.2) is 97.7 Å². The lowest BCUT2D eigenvalue weighted by Crippen LogP contribution is -2.57. The Morgan fingerprint density at radius 1 is 1.03 bits per heavy atom. The molecule has 0 bridgehead atoms. The lowest BCUT2D eigenvalue weighted by Gasteiger charge is -2.45. The van der Waals surface area contributed by atoms with E-state index in [9.17, 15) is 9.59 Å². The summed E-state index contributed by atoms with van der Waals surface area (Å²) in [6.45, 7) is 5.02. The fourth-order valence-electron chi connectivity index (χ4n) is 6.66. The molecule has 1 saturated carbocycles. The first-order valence-electron chi connectivity index (χ1n) is 13.0. The van der Waals surface area contributed by atoms with Gasteiger partial charge in [-0.25, -0.2) is 0 Å². The first-order valence-corrected chi connectivity index (χ1v) is 14.4. The van der Waals surface area contributed by atoms with Crippen LogP contribution < -0.4 is 21.3 Å². The van der Waals surface area contributed by atoms with E-state index in [1.807, 2.05) is 4.90 Å². The highest BCUT2D eigenvalue weighted by Gasteiger charge is 2.48. The quantitative estimate of drug-likeness (QED) is 0.292. The van der Waals surface area contributed by atoms with Crippen molar-refractivity contribution >= 4 is 35.2 Å². The molecular weight excluding hydrogens is 490 g/mol. The molecule has 35 heavy (non-hydrogen) atoms. The Morgan fingerprint density at radius 2 is 1.83 bits per heavy atom. The van der Waals surface area contributed by atoms with Crippen molar-refractivity contribution in [3.8, 4) is 0 Å². The predicted molar refractivity (Wildman–Crippen MR) is 136 cm³/mol. The molecular formula is C24H40ClN5O4S. The van der Waals surface area contributed by atoms with Gasteiger partial charge in [0.15, 0.2) is 0 Å². The Balaban J connectivity index is 1.15. The Bertz CT molecular complexity index is 775. The van der Waals surface area contributed by atoms with Gasteiger partial charge in [-0.1, -0.05) is 0 Å². The van der Waals surface area contributed by atoms with Crippen molar-refractivity contribution in [2.24, 2.45) is 23.7 Å². The van der Waals surface area contributed by atoms with Crippen LogP contribution in [0.15, 0.2) is 0 Å². The molecule has 198 valence electrons. The Labute approximate surface area is 217 Å². The number of carbonyl (C=O) groups is 2. The van der Waals surface area contributed by atoms with Gasteiger partial charge in [0.05, 0.1) is 23.6 Å². The molecule has 5 fully saturated rings. The highest BCUT2D eigenvalue weighted by molar-refractivity contribution is 8.00. The molecule has 9 atom stereocenters. The number of alkyl halides is 1. The molecule has 11 heteroatoms. The molecule has 4 saturated heterocycles. The number of hydrogen-bond donors (Lipinski definition) is 4. The summed E-state index contributed by atoms with van der Waals surface area (Å²) in [5, 5.41) is 14.0. The largest absolute Gasteiger partial charge is 0.381 e. The summed E-state index contributed by atoms with van der Waals surface area (Å²) in [5.41, 5.74) is -0.207. The van der Waals surface area contributed by atoms with Crippen LogP contribution in [-0.2, 0) is 19.1 Å². The summed E-state index contributed by atoms with van der Waals surface area (Å²) < 4.78 is 11.1. The third-order valence-corrected chi connectivity index (χ3v) is 10.5. The highest BCUT2D eigenvalue weighted by atomic mass is 35.5. The van der Waals surface area contributed by atoms with E-state index in [0.717, 1.165) is 32.2 Å². The third kappa shape index (κ3) is 5.49. The van der Waals surface area contributed by atoms with E-state index >= 15 is 0 Å². The number of nitrogens with one attached hydrogen (secondary N) is 4. The van der Waals surface area contributed by atoms with Gasteiger partial charge in [0.1, 0.15) is 5.50 Å². The number of thioether (sulfide) groups is 1. The Hall–Kier alpha value is -0.620. The number of carbonyl (C=O) groups excluding carboxylic acids is 2. The second-order valence-corrected chi connectivity index (χ2v) is 12.8. The summed E-state index contributed by atoms with van der Waals surface area (Å²) in [6.07, 6.45) is 3.70. The SMILES string of the molecule is COC1CC(C(=O)N2CC3NC(NC(=O)C4CNC(C)CC4C4CC(Cl)NCC4OC)SC3C2)C1. The van der Waals surface area contributed by atoms with Crippen LogP contribution in [0.3, 0.4) is 0 Å². The molecule has 9 unspecified atom stereocenters. The van der Waals surface area contributed by atoms with Crippen LogP contribution in [0.4, 0.5) is 0 Å². The number of halogens is 1. The minimum atomic E-state index is -0.122. The van der Waals surface area contributed by atoms with Crippen LogP contribution in [0.25, 0.3) is 0 Å². The van der Waals surface area contributed by atoms with Gasteiger partial charge >= 0.3 is 0 Å². The molecule has 2 amide bonds. The molecule has 0 aromatic rings. The summed E-state index contributed by atoms with van der Waals surface area (Å²) in [5.74, 6) is 0.799. The average molecular weight is 530 g/mol. The number of rotatable bonds is 6. The molecule has 0 aromatic carbocycles.